The number of thioether (sulfide) groups is 1. The zero-order chi connectivity index (χ0) is 22.1. The van der Waals surface area contributed by atoms with Gasteiger partial charge in [0.15, 0.2) is 11.6 Å². The van der Waals surface area contributed by atoms with Crippen LogP contribution in [0.15, 0.2) is 81.6 Å². The second kappa shape index (κ2) is 11.2. The van der Waals surface area contributed by atoms with Crippen molar-refractivity contribution in [2.45, 2.75) is 18.7 Å². The van der Waals surface area contributed by atoms with Crippen molar-refractivity contribution in [1.29, 1.82) is 0 Å². The summed E-state index contributed by atoms with van der Waals surface area (Å²) in [5, 5.41) is 16.4. The molecule has 2 aromatic heterocycles. The highest BCUT2D eigenvalue weighted by Crippen LogP contribution is 2.27. The Balaban J connectivity index is 1.73. The number of carboxylic acids is 1. The topological polar surface area (TPSA) is 101 Å². The van der Waals surface area contributed by atoms with Gasteiger partial charge in [-0.05, 0) is 36.8 Å². The predicted molar refractivity (Wildman–Crippen MR) is 120 cm³/mol. The summed E-state index contributed by atoms with van der Waals surface area (Å²) in [7, 11) is 0. The number of carboxylic acid groups (broad SMARTS) is 1. The number of furan rings is 1. The van der Waals surface area contributed by atoms with E-state index in [2.05, 4.69) is 15.2 Å². The van der Waals surface area contributed by atoms with Crippen LogP contribution in [0.2, 0.25) is 0 Å². The van der Waals surface area contributed by atoms with Gasteiger partial charge in [-0.25, -0.2) is 0 Å². The molecule has 0 saturated carbocycles. The van der Waals surface area contributed by atoms with Crippen LogP contribution in [0.5, 0.6) is 0 Å². The van der Waals surface area contributed by atoms with Crippen molar-refractivity contribution >= 4 is 34.9 Å². The second-order valence-electron chi connectivity index (χ2n) is 6.19. The molecule has 7 nitrogen and oxygen atoms in total. The first-order valence-electron chi connectivity index (χ1n) is 9.28. The lowest BCUT2D eigenvalue weighted by atomic mass is 10.2. The summed E-state index contributed by atoms with van der Waals surface area (Å²) in [5.74, 6) is 0.369. The Morgan fingerprint density at radius 3 is 2.84 bits per heavy atom. The molecule has 3 rings (SSSR count). The lowest BCUT2D eigenvalue weighted by Crippen LogP contribution is -1.97. The summed E-state index contributed by atoms with van der Waals surface area (Å²) in [5.41, 5.74) is 1.77. The molecule has 31 heavy (non-hydrogen) atoms. The van der Waals surface area contributed by atoms with Crippen LogP contribution in [0.25, 0.3) is 17.2 Å². The van der Waals surface area contributed by atoms with Gasteiger partial charge in [0.25, 0.3) is 0 Å². The number of aromatic amines is 1. The van der Waals surface area contributed by atoms with Crippen molar-refractivity contribution in [2.24, 2.45) is 0 Å². The van der Waals surface area contributed by atoms with Crippen LogP contribution in [-0.4, -0.2) is 32.0 Å². The zero-order valence-corrected chi connectivity index (χ0v) is 18.2. The average Bonchev–Trinajstić information content (AvgIpc) is 3.44. The lowest BCUT2D eigenvalue weighted by Gasteiger charge is -2.02. The first kappa shape index (κ1) is 22.5. The molecule has 0 radical (unpaired) electrons. The fraction of sp³-hybridized carbons (Fsp3) is 0.136. The van der Waals surface area contributed by atoms with E-state index in [1.165, 1.54) is 0 Å². The molecule has 3 aromatic rings. The number of benzene rings is 1. The van der Waals surface area contributed by atoms with E-state index < -0.39 is 5.97 Å². The molecule has 0 spiro atoms. The highest BCUT2D eigenvalue weighted by Gasteiger charge is 2.13. The predicted octanol–water partition coefficient (Wildman–Crippen LogP) is 5.50. The van der Waals surface area contributed by atoms with Crippen molar-refractivity contribution in [3.8, 4) is 11.6 Å². The summed E-state index contributed by atoms with van der Waals surface area (Å²) < 4.78 is 11.5. The van der Waals surface area contributed by atoms with E-state index in [-0.39, 0.29) is 5.75 Å². The second-order valence-corrected chi connectivity index (χ2v) is 7.56. The zero-order valence-electron chi connectivity index (χ0n) is 16.6. The number of halogens is 1. The molecule has 0 aliphatic carbocycles. The Labute approximate surface area is 188 Å². The fourth-order valence-electron chi connectivity index (χ4n) is 2.44. The number of nitrogens with zero attached hydrogens (tertiary/aromatic N) is 2. The molecule has 0 saturated heterocycles. The molecule has 9 heteroatoms. The summed E-state index contributed by atoms with van der Waals surface area (Å²) >= 11 is 7.22. The molecule has 0 atom stereocenters. The summed E-state index contributed by atoms with van der Waals surface area (Å²) in [6, 6.07) is 13.4. The average molecular weight is 458 g/mol. The molecule has 160 valence electrons. The van der Waals surface area contributed by atoms with Gasteiger partial charge in [-0.1, -0.05) is 59.8 Å². The Kier molecular flexibility index (Phi) is 8.14. The van der Waals surface area contributed by atoms with Gasteiger partial charge in [0, 0.05) is 10.6 Å². The Hall–Kier alpha value is -3.23. The Morgan fingerprint density at radius 1 is 1.29 bits per heavy atom. The minimum absolute atomic E-state index is 0.122. The molecule has 0 aliphatic rings. The van der Waals surface area contributed by atoms with Crippen molar-refractivity contribution < 1.29 is 19.1 Å². The molecule has 0 unspecified atom stereocenters. The maximum absolute atomic E-state index is 10.7. The van der Waals surface area contributed by atoms with Gasteiger partial charge in [0.05, 0.1) is 12.0 Å². The highest BCUT2D eigenvalue weighted by molar-refractivity contribution is 7.99. The molecule has 2 heterocycles. The van der Waals surface area contributed by atoms with Gasteiger partial charge >= 0.3 is 5.97 Å². The first-order chi connectivity index (χ1) is 15.0. The van der Waals surface area contributed by atoms with Crippen LogP contribution in [0.1, 0.15) is 18.2 Å². The van der Waals surface area contributed by atoms with E-state index in [0.29, 0.717) is 39.7 Å². The summed E-state index contributed by atoms with van der Waals surface area (Å²) in [6.07, 6.45) is 6.90. The molecule has 0 fully saturated rings. The first-order valence-corrected chi connectivity index (χ1v) is 10.6. The van der Waals surface area contributed by atoms with E-state index in [4.69, 9.17) is 25.9 Å². The lowest BCUT2D eigenvalue weighted by molar-refractivity contribution is -0.133. The van der Waals surface area contributed by atoms with Crippen LogP contribution in [0.4, 0.5) is 0 Å². The minimum Gasteiger partial charge on any atom is -0.496 e. The number of allylic oxidation sites excluding steroid dienone is 5. The molecular weight excluding hydrogens is 438 g/mol. The smallest absolute Gasteiger partial charge is 0.313 e. The van der Waals surface area contributed by atoms with Gasteiger partial charge < -0.3 is 14.3 Å². The number of aromatic nitrogens is 3. The van der Waals surface area contributed by atoms with E-state index >= 15 is 0 Å². The molecular formula is C22H20ClN3O4S. The summed E-state index contributed by atoms with van der Waals surface area (Å²) in [6.45, 7) is 2.28. The van der Waals surface area contributed by atoms with Gasteiger partial charge in [0.2, 0.25) is 5.16 Å². The van der Waals surface area contributed by atoms with E-state index in [9.17, 15) is 4.79 Å². The molecule has 0 amide bonds. The van der Waals surface area contributed by atoms with E-state index in [1.54, 1.807) is 36.6 Å². The number of hydrogen-bond donors (Lipinski definition) is 2. The molecule has 0 bridgehead atoms. The third-order valence-electron chi connectivity index (χ3n) is 3.92. The van der Waals surface area contributed by atoms with Crippen LogP contribution in [0.3, 0.4) is 0 Å². The number of rotatable bonds is 10. The maximum atomic E-state index is 10.7. The number of hydrogen-bond acceptors (Lipinski definition) is 6. The van der Waals surface area contributed by atoms with Gasteiger partial charge in [-0.2, -0.15) is 4.98 Å². The maximum Gasteiger partial charge on any atom is 0.313 e. The number of carbonyl (C=O) groups is 1. The quantitative estimate of drug-likeness (QED) is 0.235. The number of aliphatic carboxylic acids is 1. The SMILES string of the molecule is C\C=C(Cl)/C=C(\C=C\OCc1ccccc1)c1ccc(-c2nc(SCC(=O)O)n[nH]2)o1. The van der Waals surface area contributed by atoms with Crippen molar-refractivity contribution in [2.75, 3.05) is 5.75 Å². The van der Waals surface area contributed by atoms with Gasteiger partial charge in [0.1, 0.15) is 12.4 Å². The minimum atomic E-state index is -0.937. The third-order valence-corrected chi connectivity index (χ3v) is 5.08. The highest BCUT2D eigenvalue weighted by atomic mass is 35.5. The largest absolute Gasteiger partial charge is 0.496 e. The Bertz CT molecular complexity index is 1100. The van der Waals surface area contributed by atoms with Gasteiger partial charge in [-0.15, -0.1) is 5.10 Å². The summed E-state index contributed by atoms with van der Waals surface area (Å²) in [4.78, 5) is 14.9. The van der Waals surface area contributed by atoms with Crippen LogP contribution in [-0.2, 0) is 16.1 Å². The normalized spacial score (nSPS) is 12.5. The van der Waals surface area contributed by atoms with Gasteiger partial charge in [-0.3, -0.25) is 9.89 Å². The van der Waals surface area contributed by atoms with Crippen molar-refractivity contribution in [3.05, 3.63) is 83.3 Å². The monoisotopic (exact) mass is 457 g/mol. The standard InChI is InChI=1S/C22H20ClN3O4S/c1-2-17(23)12-16(10-11-29-13-15-6-4-3-5-7-15)18-8-9-19(30-18)21-24-22(26-25-21)31-14-20(27)28/h2-12H,13-14H2,1H3,(H,27,28)(H,24,25,26)/b11-10+,16-12+,17-2+. The van der Waals surface area contributed by atoms with Crippen LogP contribution >= 0.6 is 23.4 Å². The van der Waals surface area contributed by atoms with E-state index in [0.717, 1.165) is 17.3 Å². The van der Waals surface area contributed by atoms with Crippen molar-refractivity contribution in [3.63, 3.8) is 0 Å². The molecule has 0 aliphatic heterocycles. The van der Waals surface area contributed by atoms with Crippen LogP contribution in [0, 0.1) is 0 Å². The molecule has 1 aromatic carbocycles. The fourth-order valence-corrected chi connectivity index (χ4v) is 3.08. The Morgan fingerprint density at radius 2 is 2.10 bits per heavy atom. The van der Waals surface area contributed by atoms with E-state index in [1.807, 2.05) is 37.3 Å². The van der Waals surface area contributed by atoms with Crippen LogP contribution < -0.4 is 0 Å². The number of ether oxygens (including phenoxy) is 1. The number of nitrogens with one attached hydrogen (secondary N) is 1. The van der Waals surface area contributed by atoms with Crippen molar-refractivity contribution in [1.82, 2.24) is 15.2 Å². The molecule has 2 N–H and O–H groups in total. The number of H-pyrrole nitrogens is 1. The third kappa shape index (κ3) is 6.91.